The van der Waals surface area contributed by atoms with Gasteiger partial charge in [0.25, 0.3) is 0 Å². The number of nitrogens with one attached hydrogen (secondary N) is 1. The van der Waals surface area contributed by atoms with Gasteiger partial charge in [0, 0.05) is 0 Å². The number of nitro groups is 1. The molecule has 1 aromatic rings. The standard InChI is InChI=1S/C5H6ClN3O2/c6-1-2-8-4-7-3-5(8)9(10)11/h3-4H,1-2H2/p+1. The Kier molecular flexibility index (Phi) is 2.43. The van der Waals surface area contributed by atoms with Gasteiger partial charge in [0.2, 0.25) is 6.33 Å². The molecular formula is C5H7ClN3O2+. The molecule has 11 heavy (non-hydrogen) atoms. The van der Waals surface area contributed by atoms with Gasteiger partial charge in [-0.25, -0.2) is 0 Å². The van der Waals surface area contributed by atoms with Crippen LogP contribution >= 0.6 is 11.6 Å². The first-order valence-corrected chi connectivity index (χ1v) is 3.55. The van der Waals surface area contributed by atoms with E-state index < -0.39 is 4.92 Å². The minimum atomic E-state index is -0.455. The van der Waals surface area contributed by atoms with Crippen LogP contribution in [0.5, 0.6) is 0 Å². The summed E-state index contributed by atoms with van der Waals surface area (Å²) in [6.07, 6.45) is 2.84. The second-order valence-electron chi connectivity index (χ2n) is 1.94. The van der Waals surface area contributed by atoms with Gasteiger partial charge in [-0.1, -0.05) is 0 Å². The monoisotopic (exact) mass is 176 g/mol. The molecule has 60 valence electrons. The molecule has 0 aromatic carbocycles. The fourth-order valence-corrected chi connectivity index (χ4v) is 0.961. The number of H-pyrrole nitrogens is 1. The minimum absolute atomic E-state index is 0.0330. The number of halogens is 1. The highest BCUT2D eigenvalue weighted by atomic mass is 35.5. The third-order valence-corrected chi connectivity index (χ3v) is 1.42. The molecule has 0 unspecified atom stereocenters. The van der Waals surface area contributed by atoms with Crippen molar-refractivity contribution in [1.82, 2.24) is 4.98 Å². The van der Waals surface area contributed by atoms with E-state index in [1.807, 2.05) is 0 Å². The Hall–Kier alpha value is -1.10. The lowest BCUT2D eigenvalue weighted by molar-refractivity contribution is -0.730. The lowest BCUT2D eigenvalue weighted by Crippen LogP contribution is -2.34. The van der Waals surface area contributed by atoms with Crippen LogP contribution in [0.25, 0.3) is 0 Å². The van der Waals surface area contributed by atoms with Gasteiger partial charge in [0.1, 0.15) is 4.92 Å². The third kappa shape index (κ3) is 1.68. The van der Waals surface area contributed by atoms with Gasteiger partial charge in [-0.2, -0.15) is 0 Å². The average molecular weight is 177 g/mol. The van der Waals surface area contributed by atoms with Crippen LogP contribution in [0.15, 0.2) is 12.5 Å². The summed E-state index contributed by atoms with van der Waals surface area (Å²) in [5.41, 5.74) is 0. The van der Waals surface area contributed by atoms with Crippen molar-refractivity contribution in [1.29, 1.82) is 0 Å². The lowest BCUT2D eigenvalue weighted by Gasteiger charge is -1.85. The van der Waals surface area contributed by atoms with Crippen molar-refractivity contribution >= 4 is 17.4 Å². The molecule has 0 saturated heterocycles. The molecule has 0 radical (unpaired) electrons. The molecule has 0 amide bonds. The molecule has 0 fully saturated rings. The van der Waals surface area contributed by atoms with E-state index in [1.54, 1.807) is 0 Å². The van der Waals surface area contributed by atoms with Crippen LogP contribution in [-0.2, 0) is 6.54 Å². The van der Waals surface area contributed by atoms with Gasteiger partial charge in [-0.05, 0) is 0 Å². The maximum Gasteiger partial charge on any atom is 0.519 e. The maximum atomic E-state index is 10.3. The van der Waals surface area contributed by atoms with E-state index in [2.05, 4.69) is 4.98 Å². The number of alkyl halides is 1. The van der Waals surface area contributed by atoms with Gasteiger partial charge in [0.15, 0.2) is 12.7 Å². The summed E-state index contributed by atoms with van der Waals surface area (Å²) in [7, 11) is 0. The Labute approximate surface area is 67.8 Å². The fraction of sp³-hybridized carbons (Fsp3) is 0.400. The highest BCUT2D eigenvalue weighted by Gasteiger charge is 2.21. The Morgan fingerprint density at radius 3 is 3.09 bits per heavy atom. The van der Waals surface area contributed by atoms with E-state index in [0.29, 0.717) is 12.4 Å². The Morgan fingerprint density at radius 2 is 2.55 bits per heavy atom. The summed E-state index contributed by atoms with van der Waals surface area (Å²) in [5.74, 6) is 0.397. The molecule has 0 saturated carbocycles. The second kappa shape index (κ2) is 3.34. The third-order valence-electron chi connectivity index (χ3n) is 1.25. The van der Waals surface area contributed by atoms with Crippen molar-refractivity contribution in [2.75, 3.05) is 5.88 Å². The first-order chi connectivity index (χ1) is 5.25. The highest BCUT2D eigenvalue weighted by Crippen LogP contribution is 1.99. The van der Waals surface area contributed by atoms with E-state index in [1.165, 1.54) is 17.1 Å². The average Bonchev–Trinajstić information content (AvgIpc) is 2.36. The molecule has 0 aliphatic heterocycles. The number of aromatic amines is 1. The number of hydrogen-bond acceptors (Lipinski definition) is 2. The maximum absolute atomic E-state index is 10.3. The lowest BCUT2D eigenvalue weighted by atomic mass is 10.6. The summed E-state index contributed by atoms with van der Waals surface area (Å²) >= 11 is 5.41. The smallest absolute Gasteiger partial charge is 0.303 e. The summed E-state index contributed by atoms with van der Waals surface area (Å²) < 4.78 is 1.45. The van der Waals surface area contributed by atoms with Crippen molar-refractivity contribution in [3.05, 3.63) is 22.6 Å². The van der Waals surface area contributed by atoms with Gasteiger partial charge >= 0.3 is 5.82 Å². The van der Waals surface area contributed by atoms with Gasteiger partial charge in [-0.15, -0.1) is 16.2 Å². The first kappa shape index (κ1) is 8.00. The van der Waals surface area contributed by atoms with Gasteiger partial charge < -0.3 is 4.98 Å². The fourth-order valence-electron chi connectivity index (χ4n) is 0.779. The molecule has 1 rings (SSSR count). The van der Waals surface area contributed by atoms with Gasteiger partial charge in [-0.3, -0.25) is 10.1 Å². The van der Waals surface area contributed by atoms with E-state index in [0.717, 1.165) is 0 Å². The molecule has 0 aliphatic rings. The largest absolute Gasteiger partial charge is 0.519 e. The molecule has 1 aromatic heterocycles. The molecule has 0 aliphatic carbocycles. The second-order valence-corrected chi connectivity index (χ2v) is 2.32. The summed E-state index contributed by atoms with van der Waals surface area (Å²) in [6.45, 7) is 0.446. The number of imidazole rings is 1. The van der Waals surface area contributed by atoms with E-state index >= 15 is 0 Å². The van der Waals surface area contributed by atoms with Crippen LogP contribution in [-0.4, -0.2) is 15.8 Å². The van der Waals surface area contributed by atoms with Crippen LogP contribution in [0.1, 0.15) is 0 Å². The predicted octanol–water partition coefficient (Wildman–Crippen LogP) is 0.449. The number of hydrogen-bond donors (Lipinski definition) is 1. The molecule has 0 atom stereocenters. The summed E-state index contributed by atoms with van der Waals surface area (Å²) in [5, 5.41) is 10.3. The van der Waals surface area contributed by atoms with Crippen LogP contribution in [0.2, 0.25) is 0 Å². The molecule has 1 heterocycles. The number of aryl methyl sites for hydroxylation is 1. The topological polar surface area (TPSA) is 62.8 Å². The van der Waals surface area contributed by atoms with Crippen LogP contribution in [0.4, 0.5) is 5.82 Å². The minimum Gasteiger partial charge on any atom is -0.303 e. The molecule has 5 nitrogen and oxygen atoms in total. The summed E-state index contributed by atoms with van der Waals surface area (Å²) in [6, 6.07) is 0. The van der Waals surface area contributed by atoms with E-state index in [4.69, 9.17) is 11.6 Å². The molecule has 1 N–H and O–H groups in total. The highest BCUT2D eigenvalue weighted by molar-refractivity contribution is 6.17. The SMILES string of the molecule is O=[N+]([O-])c1c[nH]c[n+]1CCCl. The van der Waals surface area contributed by atoms with E-state index in [9.17, 15) is 10.1 Å². The number of nitrogens with zero attached hydrogens (tertiary/aromatic N) is 2. The first-order valence-electron chi connectivity index (χ1n) is 3.02. The van der Waals surface area contributed by atoms with E-state index in [-0.39, 0.29) is 5.82 Å². The van der Waals surface area contributed by atoms with Crippen molar-refractivity contribution < 1.29 is 9.49 Å². The molecular weight excluding hydrogens is 170 g/mol. The quantitative estimate of drug-likeness (QED) is 0.315. The normalized spacial score (nSPS) is 9.91. The van der Waals surface area contributed by atoms with Crippen molar-refractivity contribution in [3.8, 4) is 0 Å². The zero-order chi connectivity index (χ0) is 8.27. The molecule has 0 spiro atoms. The van der Waals surface area contributed by atoms with Crippen LogP contribution in [0, 0.1) is 10.1 Å². The van der Waals surface area contributed by atoms with Crippen molar-refractivity contribution in [2.24, 2.45) is 0 Å². The number of rotatable bonds is 3. The Bertz CT molecular complexity index is 260. The van der Waals surface area contributed by atoms with Crippen LogP contribution in [0.3, 0.4) is 0 Å². The van der Waals surface area contributed by atoms with Crippen molar-refractivity contribution in [3.63, 3.8) is 0 Å². The van der Waals surface area contributed by atoms with Crippen LogP contribution < -0.4 is 4.57 Å². The zero-order valence-electron chi connectivity index (χ0n) is 5.66. The summed E-state index contributed by atoms with van der Waals surface area (Å²) in [4.78, 5) is 12.5. The van der Waals surface area contributed by atoms with Gasteiger partial charge in [0.05, 0.1) is 5.88 Å². The zero-order valence-corrected chi connectivity index (χ0v) is 6.41. The molecule has 6 heteroatoms. The number of aromatic nitrogens is 2. The predicted molar refractivity (Wildman–Crippen MR) is 38.4 cm³/mol. The Morgan fingerprint density at radius 1 is 1.82 bits per heavy atom. The Balaban J connectivity index is 2.87. The molecule has 0 bridgehead atoms. The van der Waals surface area contributed by atoms with Crippen molar-refractivity contribution in [2.45, 2.75) is 6.54 Å².